The van der Waals surface area contributed by atoms with Crippen molar-refractivity contribution in [2.75, 3.05) is 5.32 Å². The summed E-state index contributed by atoms with van der Waals surface area (Å²) in [6.07, 6.45) is 2.14. The van der Waals surface area contributed by atoms with Crippen molar-refractivity contribution >= 4 is 17.4 Å². The van der Waals surface area contributed by atoms with Gasteiger partial charge in [0.05, 0.1) is 17.4 Å². The molecule has 4 aromatic rings. The lowest BCUT2D eigenvalue weighted by Crippen LogP contribution is -2.14. The lowest BCUT2D eigenvalue weighted by molar-refractivity contribution is -0.137. The molecule has 29 heavy (non-hydrogen) atoms. The van der Waals surface area contributed by atoms with E-state index in [0.717, 1.165) is 12.1 Å². The van der Waals surface area contributed by atoms with Crippen LogP contribution < -0.4 is 5.32 Å². The Morgan fingerprint density at radius 2 is 1.83 bits per heavy atom. The molecule has 4 rings (SSSR count). The highest BCUT2D eigenvalue weighted by molar-refractivity contribution is 6.06. The van der Waals surface area contributed by atoms with Crippen LogP contribution in [0.2, 0.25) is 0 Å². The van der Waals surface area contributed by atoms with Crippen LogP contribution in [0.4, 0.5) is 18.9 Å². The summed E-state index contributed by atoms with van der Waals surface area (Å²) >= 11 is 0. The molecule has 2 aromatic carbocycles. The van der Waals surface area contributed by atoms with Crippen molar-refractivity contribution in [2.24, 2.45) is 0 Å². The number of hydrogen-bond donors (Lipinski definition) is 1. The number of imidazole rings is 1. The molecule has 0 aliphatic rings. The predicted octanol–water partition coefficient (Wildman–Crippen LogP) is 4.98. The van der Waals surface area contributed by atoms with Gasteiger partial charge < -0.3 is 5.32 Å². The first kappa shape index (κ1) is 18.7. The number of aromatic nitrogens is 3. The zero-order valence-electron chi connectivity index (χ0n) is 15.2. The first-order valence-corrected chi connectivity index (χ1v) is 8.70. The van der Waals surface area contributed by atoms with E-state index in [1.54, 1.807) is 48.1 Å². The molecule has 0 saturated heterocycles. The average Bonchev–Trinajstić information content (AvgIpc) is 3.15. The molecule has 0 radical (unpaired) electrons. The minimum atomic E-state index is -4.39. The van der Waals surface area contributed by atoms with Crippen LogP contribution in [0.5, 0.6) is 0 Å². The van der Waals surface area contributed by atoms with Gasteiger partial charge in [0.25, 0.3) is 5.91 Å². The number of amides is 1. The second-order valence-electron chi connectivity index (χ2n) is 6.48. The van der Waals surface area contributed by atoms with Crippen LogP contribution in [0, 0.1) is 6.92 Å². The van der Waals surface area contributed by atoms with Crippen molar-refractivity contribution in [1.82, 2.24) is 14.4 Å². The van der Waals surface area contributed by atoms with E-state index in [1.165, 1.54) is 18.3 Å². The summed E-state index contributed by atoms with van der Waals surface area (Å²) in [6, 6.07) is 10.0. The van der Waals surface area contributed by atoms with Crippen LogP contribution in [0.25, 0.3) is 16.9 Å². The Morgan fingerprint density at radius 1 is 1.07 bits per heavy atom. The summed E-state index contributed by atoms with van der Waals surface area (Å²) < 4.78 is 40.1. The van der Waals surface area contributed by atoms with Crippen LogP contribution in [0.15, 0.2) is 67.3 Å². The van der Waals surface area contributed by atoms with Gasteiger partial charge in [0, 0.05) is 24.2 Å². The molecule has 0 spiro atoms. The minimum absolute atomic E-state index is 0.336. The Labute approximate surface area is 163 Å². The molecular weight excluding hydrogens is 381 g/mol. The first-order chi connectivity index (χ1) is 13.8. The molecule has 5 nitrogen and oxygen atoms in total. The van der Waals surface area contributed by atoms with E-state index in [1.807, 2.05) is 0 Å². The third kappa shape index (κ3) is 3.69. The maximum atomic E-state index is 12.8. The maximum absolute atomic E-state index is 12.8. The molecule has 0 atom stereocenters. The summed E-state index contributed by atoms with van der Waals surface area (Å²) in [4.78, 5) is 21.0. The largest absolute Gasteiger partial charge is 0.416 e. The molecule has 0 saturated carbocycles. The number of carbonyl (C=O) groups is 1. The second-order valence-corrected chi connectivity index (χ2v) is 6.48. The molecule has 0 bridgehead atoms. The second kappa shape index (κ2) is 7.05. The predicted molar refractivity (Wildman–Crippen MR) is 103 cm³/mol. The van der Waals surface area contributed by atoms with Gasteiger partial charge in [-0.3, -0.25) is 9.20 Å². The van der Waals surface area contributed by atoms with Crippen molar-refractivity contribution < 1.29 is 18.0 Å². The van der Waals surface area contributed by atoms with E-state index in [9.17, 15) is 18.0 Å². The Balaban J connectivity index is 1.62. The normalized spacial score (nSPS) is 11.6. The van der Waals surface area contributed by atoms with Crippen molar-refractivity contribution in [3.63, 3.8) is 0 Å². The summed E-state index contributed by atoms with van der Waals surface area (Å²) in [5.74, 6) is 0.181. The highest BCUT2D eigenvalue weighted by Gasteiger charge is 2.30. The number of benzene rings is 2. The number of hydrogen-bond acceptors (Lipinski definition) is 3. The van der Waals surface area contributed by atoms with Gasteiger partial charge in [-0.1, -0.05) is 24.3 Å². The highest BCUT2D eigenvalue weighted by Crippen LogP contribution is 2.32. The van der Waals surface area contributed by atoms with Crippen LogP contribution in [-0.2, 0) is 6.18 Å². The summed E-state index contributed by atoms with van der Waals surface area (Å²) in [6.45, 7) is 1.76. The van der Waals surface area contributed by atoms with Crippen LogP contribution >= 0.6 is 0 Å². The zero-order chi connectivity index (χ0) is 20.6. The summed E-state index contributed by atoms with van der Waals surface area (Å²) in [5.41, 5.74) is 2.17. The van der Waals surface area contributed by atoms with Gasteiger partial charge in [-0.05, 0) is 41.8 Å². The average molecular weight is 396 g/mol. The maximum Gasteiger partial charge on any atom is 0.416 e. The molecule has 2 aromatic heterocycles. The Morgan fingerprint density at radius 3 is 2.55 bits per heavy atom. The molecular formula is C21H15F3N4O. The fourth-order valence-corrected chi connectivity index (χ4v) is 3.11. The monoisotopic (exact) mass is 396 g/mol. The van der Waals surface area contributed by atoms with Gasteiger partial charge in [-0.15, -0.1) is 0 Å². The van der Waals surface area contributed by atoms with Crippen molar-refractivity contribution in [3.8, 4) is 11.1 Å². The van der Waals surface area contributed by atoms with Gasteiger partial charge in [-0.2, -0.15) is 13.2 Å². The van der Waals surface area contributed by atoms with Crippen molar-refractivity contribution in [1.29, 1.82) is 0 Å². The number of nitrogens with one attached hydrogen (secondary N) is 1. The van der Waals surface area contributed by atoms with E-state index in [0.29, 0.717) is 33.7 Å². The topological polar surface area (TPSA) is 59.3 Å². The lowest BCUT2D eigenvalue weighted by atomic mass is 9.95. The number of fused-ring (bicyclic) bond motifs is 1. The Hall–Kier alpha value is -3.68. The molecule has 146 valence electrons. The molecule has 0 fully saturated rings. The van der Waals surface area contributed by atoms with E-state index in [4.69, 9.17) is 0 Å². The summed E-state index contributed by atoms with van der Waals surface area (Å²) in [7, 11) is 0. The minimum Gasteiger partial charge on any atom is -0.319 e. The lowest BCUT2D eigenvalue weighted by Gasteiger charge is -2.13. The number of carbonyl (C=O) groups excluding carboxylic acids is 1. The van der Waals surface area contributed by atoms with E-state index in [-0.39, 0.29) is 5.91 Å². The molecule has 2 heterocycles. The highest BCUT2D eigenvalue weighted by atomic mass is 19.4. The molecule has 1 N–H and O–H groups in total. The number of nitrogens with zero attached hydrogens (tertiary/aromatic N) is 3. The molecule has 0 unspecified atom stereocenters. The number of rotatable bonds is 3. The SMILES string of the molecule is Cc1c(C(=O)Nc2cnc3nccn3c2)cccc1-c1ccc(C(F)(F)F)cc1. The quantitative estimate of drug-likeness (QED) is 0.532. The van der Waals surface area contributed by atoms with Crippen molar-refractivity contribution in [2.45, 2.75) is 13.1 Å². The molecule has 1 amide bonds. The standard InChI is InChI=1S/C21H15F3N4O/c1-13-17(14-5-7-15(8-6-14)21(22,23)24)3-2-4-18(13)19(29)27-16-11-26-20-25-9-10-28(20)12-16/h2-12H,1H3,(H,27,29). The van der Waals surface area contributed by atoms with Crippen LogP contribution in [0.3, 0.4) is 0 Å². The Bertz CT molecular complexity index is 1200. The van der Waals surface area contributed by atoms with Gasteiger partial charge in [-0.25, -0.2) is 9.97 Å². The van der Waals surface area contributed by atoms with Gasteiger partial charge in [0.1, 0.15) is 0 Å². The van der Waals surface area contributed by atoms with E-state index < -0.39 is 11.7 Å². The molecule has 0 aliphatic carbocycles. The van der Waals surface area contributed by atoms with Crippen molar-refractivity contribution in [3.05, 3.63) is 83.9 Å². The van der Waals surface area contributed by atoms with Gasteiger partial charge >= 0.3 is 6.18 Å². The molecule has 0 aliphatic heterocycles. The fourth-order valence-electron chi connectivity index (χ4n) is 3.11. The van der Waals surface area contributed by atoms with Crippen LogP contribution in [-0.4, -0.2) is 20.3 Å². The third-order valence-electron chi connectivity index (χ3n) is 4.61. The molecule has 8 heteroatoms. The van der Waals surface area contributed by atoms with Gasteiger partial charge in [0.2, 0.25) is 5.78 Å². The number of halogens is 3. The number of anilines is 1. The van der Waals surface area contributed by atoms with E-state index >= 15 is 0 Å². The van der Waals surface area contributed by atoms with Crippen LogP contribution in [0.1, 0.15) is 21.5 Å². The van der Waals surface area contributed by atoms with E-state index in [2.05, 4.69) is 15.3 Å². The fraction of sp³-hybridized carbons (Fsp3) is 0.0952. The van der Waals surface area contributed by atoms with Gasteiger partial charge in [0.15, 0.2) is 0 Å². The zero-order valence-corrected chi connectivity index (χ0v) is 15.2. The third-order valence-corrected chi connectivity index (χ3v) is 4.61. The first-order valence-electron chi connectivity index (χ1n) is 8.70. The summed E-state index contributed by atoms with van der Waals surface area (Å²) in [5, 5.41) is 2.79. The Kier molecular flexibility index (Phi) is 4.54. The smallest absolute Gasteiger partial charge is 0.319 e. The number of alkyl halides is 3.